The summed E-state index contributed by atoms with van der Waals surface area (Å²) in [5.41, 5.74) is 0. The van der Waals surface area contributed by atoms with Crippen LogP contribution in [0.25, 0.3) is 0 Å². The molecule has 0 radical (unpaired) electrons. The minimum Gasteiger partial charge on any atom is -0.493 e. The number of para-hydroxylation sites is 1. The maximum absolute atomic E-state index is 12.4. The molecular weight excluding hydrogens is 348 g/mol. The highest BCUT2D eigenvalue weighted by Crippen LogP contribution is 2.20. The van der Waals surface area contributed by atoms with Gasteiger partial charge in [0.25, 0.3) is 0 Å². The molecule has 1 aromatic rings. The lowest BCUT2D eigenvalue weighted by molar-refractivity contribution is -0.150. The molecule has 0 aromatic heterocycles. The van der Waals surface area contributed by atoms with E-state index in [2.05, 4.69) is 0 Å². The fourth-order valence-electron chi connectivity index (χ4n) is 3.10. The number of carbonyl (C=O) groups is 3. The summed E-state index contributed by atoms with van der Waals surface area (Å²) in [4.78, 5) is 39.4. The summed E-state index contributed by atoms with van der Waals surface area (Å²) in [5.74, 6) is 0.159. The van der Waals surface area contributed by atoms with Crippen LogP contribution in [0.4, 0.5) is 0 Å². The molecule has 0 atom stereocenters. The van der Waals surface area contributed by atoms with Gasteiger partial charge < -0.3 is 19.3 Å². The highest BCUT2D eigenvalue weighted by molar-refractivity contribution is 5.84. The Hall–Kier alpha value is -2.57. The molecule has 2 rings (SSSR count). The van der Waals surface area contributed by atoms with Crippen LogP contribution in [0.3, 0.4) is 0 Å². The Kier molecular flexibility index (Phi) is 8.10. The van der Waals surface area contributed by atoms with E-state index in [1.165, 1.54) is 4.90 Å². The normalized spacial score (nSPS) is 14.5. The van der Waals surface area contributed by atoms with E-state index >= 15 is 0 Å². The number of likely N-dealkylation sites (N-methyl/N-ethyl adjacent to an activating group) is 1. The zero-order chi connectivity index (χ0) is 19.6. The van der Waals surface area contributed by atoms with Gasteiger partial charge in [-0.1, -0.05) is 18.2 Å². The van der Waals surface area contributed by atoms with Crippen LogP contribution < -0.4 is 4.74 Å². The lowest BCUT2D eigenvalue weighted by atomic mass is 9.95. The van der Waals surface area contributed by atoms with E-state index in [9.17, 15) is 14.4 Å². The van der Waals surface area contributed by atoms with Gasteiger partial charge in [-0.25, -0.2) is 0 Å². The van der Waals surface area contributed by atoms with Gasteiger partial charge in [-0.05, 0) is 31.9 Å². The number of benzene rings is 1. The largest absolute Gasteiger partial charge is 0.493 e. The van der Waals surface area contributed by atoms with E-state index in [0.717, 1.165) is 5.75 Å². The van der Waals surface area contributed by atoms with Crippen LogP contribution in [0.2, 0.25) is 0 Å². The third kappa shape index (κ3) is 6.58. The lowest BCUT2D eigenvalue weighted by Gasteiger charge is -2.33. The Morgan fingerprint density at radius 1 is 1.15 bits per heavy atom. The lowest BCUT2D eigenvalue weighted by Crippen LogP contribution is -2.44. The van der Waals surface area contributed by atoms with Crippen LogP contribution in [0.15, 0.2) is 30.3 Å². The topological polar surface area (TPSA) is 76.2 Å². The number of ether oxygens (including phenoxy) is 2. The average Bonchev–Trinajstić information content (AvgIpc) is 2.68. The summed E-state index contributed by atoms with van der Waals surface area (Å²) in [6.07, 6.45) is 1.53. The van der Waals surface area contributed by atoms with Crippen molar-refractivity contribution in [3.8, 4) is 5.75 Å². The summed E-state index contributed by atoms with van der Waals surface area (Å²) in [6.45, 7) is 3.43. The van der Waals surface area contributed by atoms with E-state index in [-0.39, 0.29) is 24.3 Å². The van der Waals surface area contributed by atoms with Crippen LogP contribution in [-0.2, 0) is 19.1 Å². The zero-order valence-corrected chi connectivity index (χ0v) is 16.1. The average molecular weight is 376 g/mol. The Morgan fingerprint density at radius 2 is 1.81 bits per heavy atom. The predicted octanol–water partition coefficient (Wildman–Crippen LogP) is 1.72. The minimum absolute atomic E-state index is 0.0386. The van der Waals surface area contributed by atoms with Crippen LogP contribution in [0.5, 0.6) is 5.75 Å². The number of nitrogens with zero attached hydrogens (tertiary/aromatic N) is 2. The minimum atomic E-state index is -0.403. The van der Waals surface area contributed by atoms with Crippen LogP contribution >= 0.6 is 0 Å². The number of rotatable bonds is 8. The molecular formula is C20H28N2O5. The first kappa shape index (κ1) is 20.7. The van der Waals surface area contributed by atoms with Crippen molar-refractivity contribution in [3.63, 3.8) is 0 Å². The van der Waals surface area contributed by atoms with Crippen molar-refractivity contribution in [1.29, 1.82) is 0 Å². The van der Waals surface area contributed by atoms with Crippen molar-refractivity contribution >= 4 is 17.8 Å². The molecule has 0 bridgehead atoms. The summed E-state index contributed by atoms with van der Waals surface area (Å²) < 4.78 is 10.4. The number of amides is 2. The van der Waals surface area contributed by atoms with Gasteiger partial charge >= 0.3 is 5.97 Å². The maximum Gasteiger partial charge on any atom is 0.325 e. The summed E-state index contributed by atoms with van der Waals surface area (Å²) in [7, 11) is 1.61. The van der Waals surface area contributed by atoms with Gasteiger partial charge in [0.15, 0.2) is 0 Å². The third-order valence-electron chi connectivity index (χ3n) is 4.57. The Labute approximate surface area is 160 Å². The van der Waals surface area contributed by atoms with Gasteiger partial charge in [0.1, 0.15) is 12.3 Å². The maximum atomic E-state index is 12.4. The van der Waals surface area contributed by atoms with Gasteiger partial charge in [-0.3, -0.25) is 14.4 Å². The summed E-state index contributed by atoms with van der Waals surface area (Å²) in [6, 6.07) is 9.40. The molecule has 0 saturated carbocycles. The molecule has 1 heterocycles. The summed E-state index contributed by atoms with van der Waals surface area (Å²) in [5, 5.41) is 0. The monoisotopic (exact) mass is 376 g/mol. The van der Waals surface area contributed by atoms with Crippen molar-refractivity contribution in [2.24, 2.45) is 5.92 Å². The Balaban J connectivity index is 1.70. The highest BCUT2D eigenvalue weighted by Gasteiger charge is 2.29. The predicted molar refractivity (Wildman–Crippen MR) is 100 cm³/mol. The SMILES string of the molecule is CCOC(=O)CN(C)C(=O)C1CCN(C(=O)CCOc2ccccc2)CC1. The van der Waals surface area contributed by atoms with E-state index in [1.807, 2.05) is 30.3 Å². The van der Waals surface area contributed by atoms with Crippen LogP contribution in [0.1, 0.15) is 26.2 Å². The summed E-state index contributed by atoms with van der Waals surface area (Å²) >= 11 is 0. The quantitative estimate of drug-likeness (QED) is 0.646. The first-order valence-electron chi connectivity index (χ1n) is 9.37. The van der Waals surface area contributed by atoms with Gasteiger partial charge in [0, 0.05) is 26.1 Å². The molecule has 2 amide bonds. The number of likely N-dealkylation sites (tertiary alicyclic amines) is 1. The second kappa shape index (κ2) is 10.5. The van der Waals surface area contributed by atoms with Crippen LogP contribution in [0, 0.1) is 5.92 Å². The van der Waals surface area contributed by atoms with E-state index in [1.54, 1.807) is 18.9 Å². The second-order valence-corrected chi connectivity index (χ2v) is 6.57. The van der Waals surface area contributed by atoms with Gasteiger partial charge in [0.05, 0.1) is 19.6 Å². The number of hydrogen-bond acceptors (Lipinski definition) is 5. The fourth-order valence-corrected chi connectivity index (χ4v) is 3.10. The van der Waals surface area contributed by atoms with E-state index in [0.29, 0.717) is 45.6 Å². The third-order valence-corrected chi connectivity index (χ3v) is 4.57. The smallest absolute Gasteiger partial charge is 0.325 e. The number of piperidine rings is 1. The number of esters is 1. The van der Waals surface area contributed by atoms with Crippen molar-refractivity contribution < 1.29 is 23.9 Å². The molecule has 1 aliphatic heterocycles. The molecule has 0 aliphatic carbocycles. The molecule has 0 unspecified atom stereocenters. The fraction of sp³-hybridized carbons (Fsp3) is 0.550. The molecule has 148 valence electrons. The van der Waals surface area contributed by atoms with Gasteiger partial charge in [-0.15, -0.1) is 0 Å². The van der Waals surface area contributed by atoms with Crippen molar-refractivity contribution in [1.82, 2.24) is 9.80 Å². The van der Waals surface area contributed by atoms with E-state index in [4.69, 9.17) is 9.47 Å². The van der Waals surface area contributed by atoms with Crippen molar-refractivity contribution in [2.45, 2.75) is 26.2 Å². The van der Waals surface area contributed by atoms with Crippen molar-refractivity contribution in [2.75, 3.05) is 39.9 Å². The first-order chi connectivity index (χ1) is 13.0. The molecule has 7 heteroatoms. The standard InChI is InChI=1S/C20H28N2O5/c1-3-26-19(24)15-21(2)20(25)16-9-12-22(13-10-16)18(23)11-14-27-17-7-5-4-6-8-17/h4-8,16H,3,9-15H2,1-2H3. The van der Waals surface area contributed by atoms with Gasteiger partial charge in [0.2, 0.25) is 11.8 Å². The molecule has 1 saturated heterocycles. The Bertz CT molecular complexity index is 627. The number of carbonyl (C=O) groups excluding carboxylic acids is 3. The molecule has 7 nitrogen and oxygen atoms in total. The molecule has 0 spiro atoms. The zero-order valence-electron chi connectivity index (χ0n) is 16.1. The molecule has 0 N–H and O–H groups in total. The van der Waals surface area contributed by atoms with Gasteiger partial charge in [-0.2, -0.15) is 0 Å². The first-order valence-corrected chi connectivity index (χ1v) is 9.37. The molecule has 1 fully saturated rings. The second-order valence-electron chi connectivity index (χ2n) is 6.57. The van der Waals surface area contributed by atoms with Crippen LogP contribution in [-0.4, -0.2) is 67.5 Å². The molecule has 1 aliphatic rings. The number of hydrogen-bond donors (Lipinski definition) is 0. The molecule has 27 heavy (non-hydrogen) atoms. The van der Waals surface area contributed by atoms with E-state index < -0.39 is 5.97 Å². The Morgan fingerprint density at radius 3 is 2.44 bits per heavy atom. The highest BCUT2D eigenvalue weighted by atomic mass is 16.5. The molecule has 1 aromatic carbocycles. The van der Waals surface area contributed by atoms with Crippen molar-refractivity contribution in [3.05, 3.63) is 30.3 Å².